The Labute approximate surface area is 110 Å². The van der Waals surface area contributed by atoms with Gasteiger partial charge >= 0.3 is 12.0 Å². The van der Waals surface area contributed by atoms with E-state index >= 15 is 0 Å². The molecule has 1 aromatic heterocycles. The number of rotatable bonds is 4. The molecule has 0 aliphatic heterocycles. The van der Waals surface area contributed by atoms with Gasteiger partial charge in [0, 0.05) is 6.61 Å². The second kappa shape index (κ2) is 6.15. The van der Waals surface area contributed by atoms with Crippen molar-refractivity contribution >= 4 is 11.6 Å². The third-order valence-electron chi connectivity index (χ3n) is 3.07. The molecule has 1 saturated carbocycles. The summed E-state index contributed by atoms with van der Waals surface area (Å²) in [5.74, 6) is 0.390. The Hall–Kier alpha value is -1.14. The van der Waals surface area contributed by atoms with Gasteiger partial charge < -0.3 is 14.6 Å². The fraction of sp³-hybridized carbons (Fsp3) is 0.727. The van der Waals surface area contributed by atoms with Gasteiger partial charge in [0.2, 0.25) is 5.28 Å². The van der Waals surface area contributed by atoms with Gasteiger partial charge in [-0.05, 0) is 43.2 Å². The maximum absolute atomic E-state index is 9.06. The maximum Gasteiger partial charge on any atom is 0.324 e. The minimum absolute atomic E-state index is 0.0564. The van der Waals surface area contributed by atoms with Crippen molar-refractivity contribution < 1.29 is 14.6 Å². The van der Waals surface area contributed by atoms with Crippen molar-refractivity contribution in [1.82, 2.24) is 15.0 Å². The van der Waals surface area contributed by atoms with Crippen LogP contribution in [-0.2, 0) is 0 Å². The number of aliphatic hydroxyl groups excluding tert-OH is 1. The molecule has 1 aliphatic rings. The normalized spacial score (nSPS) is 23.7. The summed E-state index contributed by atoms with van der Waals surface area (Å²) >= 11 is 5.74. The van der Waals surface area contributed by atoms with Crippen molar-refractivity contribution in [3.8, 4) is 12.0 Å². The second-order valence-corrected chi connectivity index (χ2v) is 4.65. The quantitative estimate of drug-likeness (QED) is 0.895. The van der Waals surface area contributed by atoms with Crippen LogP contribution in [0.2, 0.25) is 5.28 Å². The maximum atomic E-state index is 9.06. The van der Waals surface area contributed by atoms with E-state index in [1.807, 2.05) is 0 Å². The molecule has 7 heteroatoms. The highest BCUT2D eigenvalue weighted by molar-refractivity contribution is 6.28. The van der Waals surface area contributed by atoms with Crippen LogP contribution in [-0.4, -0.2) is 39.9 Å². The Morgan fingerprint density at radius 1 is 1.17 bits per heavy atom. The van der Waals surface area contributed by atoms with Crippen LogP contribution in [0.1, 0.15) is 25.7 Å². The number of aromatic nitrogens is 3. The van der Waals surface area contributed by atoms with E-state index in [4.69, 9.17) is 26.2 Å². The molecular weight excluding hydrogens is 258 g/mol. The van der Waals surface area contributed by atoms with Gasteiger partial charge in [-0.2, -0.15) is 9.97 Å². The third kappa shape index (κ3) is 3.43. The molecule has 1 heterocycles. The third-order valence-corrected chi connectivity index (χ3v) is 3.24. The summed E-state index contributed by atoms with van der Waals surface area (Å²) in [4.78, 5) is 11.7. The molecule has 0 unspecified atom stereocenters. The molecule has 1 fully saturated rings. The van der Waals surface area contributed by atoms with Crippen molar-refractivity contribution in [2.24, 2.45) is 5.92 Å². The molecule has 0 radical (unpaired) electrons. The average molecular weight is 274 g/mol. The lowest BCUT2D eigenvalue weighted by molar-refractivity contribution is 0.0956. The summed E-state index contributed by atoms with van der Waals surface area (Å²) in [6.45, 7) is 0.248. The fourth-order valence-electron chi connectivity index (χ4n) is 2.04. The molecule has 2 rings (SSSR count). The lowest BCUT2D eigenvalue weighted by Crippen LogP contribution is -2.26. The van der Waals surface area contributed by atoms with Crippen LogP contribution in [0.4, 0.5) is 0 Å². The Morgan fingerprint density at radius 3 is 2.44 bits per heavy atom. The molecule has 0 aromatic carbocycles. The van der Waals surface area contributed by atoms with Gasteiger partial charge in [-0.3, -0.25) is 0 Å². The molecule has 18 heavy (non-hydrogen) atoms. The smallest absolute Gasteiger partial charge is 0.324 e. The van der Waals surface area contributed by atoms with Gasteiger partial charge in [-0.15, -0.1) is 4.98 Å². The zero-order chi connectivity index (χ0) is 13.0. The minimum Gasteiger partial charge on any atom is -0.467 e. The highest BCUT2D eigenvalue weighted by atomic mass is 35.5. The first-order valence-electron chi connectivity index (χ1n) is 5.94. The van der Waals surface area contributed by atoms with Gasteiger partial charge in [-0.1, -0.05) is 0 Å². The molecule has 1 N–H and O–H groups in total. The largest absolute Gasteiger partial charge is 0.467 e. The first kappa shape index (κ1) is 13.3. The number of nitrogens with zero attached hydrogens (tertiary/aromatic N) is 3. The molecule has 0 spiro atoms. The first-order chi connectivity index (χ1) is 8.71. The summed E-state index contributed by atoms with van der Waals surface area (Å²) < 4.78 is 10.6. The summed E-state index contributed by atoms with van der Waals surface area (Å²) in [5.41, 5.74) is 0. The van der Waals surface area contributed by atoms with Crippen LogP contribution in [0.3, 0.4) is 0 Å². The zero-order valence-electron chi connectivity index (χ0n) is 10.2. The van der Waals surface area contributed by atoms with Gasteiger partial charge in [0.1, 0.15) is 6.10 Å². The predicted octanol–water partition coefficient (Wildman–Crippen LogP) is 1.46. The van der Waals surface area contributed by atoms with Crippen molar-refractivity contribution in [1.29, 1.82) is 0 Å². The van der Waals surface area contributed by atoms with Crippen LogP contribution >= 0.6 is 11.6 Å². The predicted molar refractivity (Wildman–Crippen MR) is 64.8 cm³/mol. The van der Waals surface area contributed by atoms with Crippen LogP contribution in [0.5, 0.6) is 12.0 Å². The van der Waals surface area contributed by atoms with Gasteiger partial charge in [0.25, 0.3) is 0 Å². The fourth-order valence-corrected chi connectivity index (χ4v) is 2.18. The summed E-state index contributed by atoms with van der Waals surface area (Å²) in [6, 6.07) is 0.341. The van der Waals surface area contributed by atoms with Crippen LogP contribution in [0, 0.1) is 5.92 Å². The summed E-state index contributed by atoms with van der Waals surface area (Å²) in [5, 5.41) is 9.12. The Kier molecular flexibility index (Phi) is 4.54. The van der Waals surface area contributed by atoms with Crippen molar-refractivity contribution in [3.05, 3.63) is 5.28 Å². The van der Waals surface area contributed by atoms with Gasteiger partial charge in [0.15, 0.2) is 0 Å². The molecule has 0 saturated heterocycles. The standard InChI is InChI=1S/C11H16ClN3O3/c1-17-10-13-9(12)14-11(15-10)18-8-4-2-7(6-16)3-5-8/h7-8,16H,2-6H2,1H3. The number of aliphatic hydroxyl groups is 1. The molecule has 1 aliphatic carbocycles. The molecular formula is C11H16ClN3O3. The van der Waals surface area contributed by atoms with E-state index in [9.17, 15) is 0 Å². The van der Waals surface area contributed by atoms with Crippen molar-refractivity contribution in [3.63, 3.8) is 0 Å². The molecule has 100 valence electrons. The molecule has 1 aromatic rings. The van der Waals surface area contributed by atoms with Crippen LogP contribution in [0.15, 0.2) is 0 Å². The lowest BCUT2D eigenvalue weighted by atomic mass is 9.88. The summed E-state index contributed by atoms with van der Waals surface area (Å²) in [6.07, 6.45) is 3.75. The number of hydrogen-bond donors (Lipinski definition) is 1. The van der Waals surface area contributed by atoms with E-state index in [0.29, 0.717) is 5.92 Å². The van der Waals surface area contributed by atoms with Gasteiger partial charge in [0.05, 0.1) is 7.11 Å². The van der Waals surface area contributed by atoms with Crippen LogP contribution < -0.4 is 9.47 Å². The van der Waals surface area contributed by atoms with Crippen molar-refractivity contribution in [2.45, 2.75) is 31.8 Å². The van der Waals surface area contributed by atoms with E-state index < -0.39 is 0 Å². The zero-order valence-corrected chi connectivity index (χ0v) is 10.9. The van der Waals surface area contributed by atoms with Gasteiger partial charge in [-0.25, -0.2) is 0 Å². The van der Waals surface area contributed by atoms with E-state index in [1.54, 1.807) is 0 Å². The molecule has 6 nitrogen and oxygen atoms in total. The van der Waals surface area contributed by atoms with E-state index in [0.717, 1.165) is 25.7 Å². The molecule has 0 atom stereocenters. The van der Waals surface area contributed by atoms with Crippen molar-refractivity contribution in [2.75, 3.05) is 13.7 Å². The topological polar surface area (TPSA) is 77.4 Å². The minimum atomic E-state index is 0.0564. The second-order valence-electron chi connectivity index (χ2n) is 4.32. The molecule has 0 bridgehead atoms. The Morgan fingerprint density at radius 2 is 1.83 bits per heavy atom. The Bertz CT molecular complexity index is 397. The average Bonchev–Trinajstić information content (AvgIpc) is 2.39. The number of halogens is 1. The first-order valence-corrected chi connectivity index (χ1v) is 6.32. The van der Waals surface area contributed by atoms with E-state index in [2.05, 4.69) is 15.0 Å². The number of hydrogen-bond acceptors (Lipinski definition) is 6. The lowest BCUT2D eigenvalue weighted by Gasteiger charge is -2.26. The summed E-state index contributed by atoms with van der Waals surface area (Å²) in [7, 11) is 1.46. The number of methoxy groups -OCH3 is 1. The van der Waals surface area contributed by atoms with E-state index in [-0.39, 0.29) is 30.0 Å². The number of ether oxygens (including phenoxy) is 2. The Balaban J connectivity index is 1.95. The molecule has 0 amide bonds. The highest BCUT2D eigenvalue weighted by Crippen LogP contribution is 2.26. The SMILES string of the molecule is COc1nc(Cl)nc(OC2CCC(CO)CC2)n1. The monoisotopic (exact) mass is 273 g/mol. The highest BCUT2D eigenvalue weighted by Gasteiger charge is 2.23. The van der Waals surface area contributed by atoms with E-state index in [1.165, 1.54) is 7.11 Å². The van der Waals surface area contributed by atoms with Crippen LogP contribution in [0.25, 0.3) is 0 Å².